The molecule has 0 aliphatic carbocycles. The molecule has 0 aliphatic heterocycles. The van der Waals surface area contributed by atoms with E-state index in [1.807, 2.05) is 0 Å². The molecule has 0 radical (unpaired) electrons. The number of ether oxygens (including phenoxy) is 1. The van der Waals surface area contributed by atoms with Crippen LogP contribution in [0.15, 0.2) is 12.1 Å². The molecule has 0 amide bonds. The third-order valence-electron chi connectivity index (χ3n) is 2.03. The van der Waals surface area contributed by atoms with Gasteiger partial charge in [0.15, 0.2) is 11.6 Å². The molecule has 0 heterocycles. The monoisotopic (exact) mass is 200 g/mol. The fraction of sp³-hybridized carbons (Fsp3) is 0.455. The molecular weight excluding hydrogens is 186 g/mol. The summed E-state index contributed by atoms with van der Waals surface area (Å²) in [5.41, 5.74) is -0.500. The fourth-order valence-corrected chi connectivity index (χ4v) is 1.38. The maximum Gasteiger partial charge on any atom is 0.171 e. The van der Waals surface area contributed by atoms with Crippen LogP contribution < -0.4 is 4.74 Å². The minimum absolute atomic E-state index is 0.0665. The van der Waals surface area contributed by atoms with Crippen molar-refractivity contribution in [1.29, 1.82) is 0 Å². The molecule has 0 atom stereocenters. The molecule has 1 nitrogen and oxygen atoms in total. The predicted molar refractivity (Wildman–Crippen MR) is 51.6 cm³/mol. The molecule has 0 aliphatic rings. The topological polar surface area (TPSA) is 9.23 Å². The summed E-state index contributed by atoms with van der Waals surface area (Å²) in [6.07, 6.45) is 0. The van der Waals surface area contributed by atoms with Gasteiger partial charge in [-0.1, -0.05) is 20.8 Å². The molecule has 0 saturated heterocycles. The summed E-state index contributed by atoms with van der Waals surface area (Å²) < 4.78 is 31.8. The van der Waals surface area contributed by atoms with Gasteiger partial charge >= 0.3 is 0 Å². The highest BCUT2D eigenvalue weighted by Gasteiger charge is 2.25. The fourth-order valence-electron chi connectivity index (χ4n) is 1.38. The van der Waals surface area contributed by atoms with Crippen LogP contribution in [0.3, 0.4) is 0 Å². The minimum Gasteiger partial charge on any atom is -0.494 e. The number of hydrogen-bond acceptors (Lipinski definition) is 1. The van der Waals surface area contributed by atoms with Crippen LogP contribution in [0.25, 0.3) is 0 Å². The number of halogens is 2. The van der Waals surface area contributed by atoms with Crippen molar-refractivity contribution in [2.75, 3.05) is 7.11 Å². The smallest absolute Gasteiger partial charge is 0.171 e. The van der Waals surface area contributed by atoms with Crippen molar-refractivity contribution in [2.45, 2.75) is 26.2 Å². The second-order valence-corrected chi connectivity index (χ2v) is 4.19. The first-order valence-corrected chi connectivity index (χ1v) is 4.40. The van der Waals surface area contributed by atoms with Crippen molar-refractivity contribution in [2.24, 2.45) is 0 Å². The van der Waals surface area contributed by atoms with Gasteiger partial charge in [0.1, 0.15) is 5.82 Å². The zero-order chi connectivity index (χ0) is 10.9. The van der Waals surface area contributed by atoms with E-state index in [9.17, 15) is 8.78 Å². The molecule has 0 unspecified atom stereocenters. The highest BCUT2D eigenvalue weighted by Crippen LogP contribution is 2.32. The second-order valence-electron chi connectivity index (χ2n) is 4.19. The first kappa shape index (κ1) is 11.0. The Hall–Kier alpha value is -1.12. The van der Waals surface area contributed by atoms with E-state index in [0.717, 1.165) is 0 Å². The molecule has 0 aromatic heterocycles. The molecule has 1 aromatic rings. The summed E-state index contributed by atoms with van der Waals surface area (Å²) in [4.78, 5) is 0. The molecule has 0 saturated carbocycles. The summed E-state index contributed by atoms with van der Waals surface area (Å²) in [5.74, 6) is -1.06. The van der Waals surface area contributed by atoms with Gasteiger partial charge in [-0.2, -0.15) is 0 Å². The van der Waals surface area contributed by atoms with E-state index in [4.69, 9.17) is 4.74 Å². The lowest BCUT2D eigenvalue weighted by Gasteiger charge is -2.21. The van der Waals surface area contributed by atoms with E-state index < -0.39 is 17.0 Å². The van der Waals surface area contributed by atoms with Crippen molar-refractivity contribution in [3.05, 3.63) is 29.3 Å². The van der Waals surface area contributed by atoms with E-state index in [2.05, 4.69) is 0 Å². The molecule has 3 heteroatoms. The van der Waals surface area contributed by atoms with Crippen molar-refractivity contribution in [3.63, 3.8) is 0 Å². The Balaban J connectivity index is 3.40. The molecule has 0 fully saturated rings. The molecular formula is C11H14F2O. The Morgan fingerprint density at radius 1 is 1.14 bits per heavy atom. The Morgan fingerprint density at radius 3 is 2.14 bits per heavy atom. The van der Waals surface area contributed by atoms with Gasteiger partial charge in [0.2, 0.25) is 0 Å². The van der Waals surface area contributed by atoms with E-state index in [1.54, 1.807) is 20.8 Å². The first-order valence-electron chi connectivity index (χ1n) is 4.40. The second kappa shape index (κ2) is 3.56. The maximum atomic E-state index is 13.7. The van der Waals surface area contributed by atoms with Gasteiger partial charge in [0.25, 0.3) is 0 Å². The molecule has 1 rings (SSSR count). The standard InChI is InChI=1S/C11H14F2O/c1-11(2,3)9-7(12)5-6-8(14-4)10(9)13/h5-6H,1-4H3. The van der Waals surface area contributed by atoms with Crippen molar-refractivity contribution in [1.82, 2.24) is 0 Å². The molecule has 78 valence electrons. The average molecular weight is 200 g/mol. The summed E-state index contributed by atoms with van der Waals surface area (Å²) in [6, 6.07) is 2.52. The van der Waals surface area contributed by atoms with Gasteiger partial charge in [0.05, 0.1) is 7.11 Å². The highest BCUT2D eigenvalue weighted by atomic mass is 19.1. The van der Waals surface area contributed by atoms with E-state index in [1.165, 1.54) is 19.2 Å². The Bertz CT molecular complexity index is 340. The quantitative estimate of drug-likeness (QED) is 0.676. The van der Waals surface area contributed by atoms with Gasteiger partial charge in [-0.05, 0) is 17.5 Å². The van der Waals surface area contributed by atoms with Gasteiger partial charge in [-0.3, -0.25) is 0 Å². The third kappa shape index (κ3) is 1.86. The molecule has 0 N–H and O–H groups in total. The van der Waals surface area contributed by atoms with E-state index in [0.29, 0.717) is 0 Å². The lowest BCUT2D eigenvalue weighted by Crippen LogP contribution is -2.16. The molecule has 1 aromatic carbocycles. The van der Waals surface area contributed by atoms with Gasteiger partial charge in [-0.25, -0.2) is 8.78 Å². The van der Waals surface area contributed by atoms with Crippen molar-refractivity contribution < 1.29 is 13.5 Å². The average Bonchev–Trinajstić information content (AvgIpc) is 2.02. The Labute approximate surface area is 82.7 Å². The zero-order valence-corrected chi connectivity index (χ0v) is 8.82. The summed E-state index contributed by atoms with van der Waals surface area (Å²) in [5, 5.41) is 0. The predicted octanol–water partition coefficient (Wildman–Crippen LogP) is 3.27. The SMILES string of the molecule is COc1ccc(F)c(C(C)(C)C)c1F. The van der Waals surface area contributed by atoms with Crippen molar-refractivity contribution in [3.8, 4) is 5.75 Å². The van der Waals surface area contributed by atoms with Gasteiger partial charge in [-0.15, -0.1) is 0 Å². The first-order chi connectivity index (χ1) is 6.38. The molecule has 14 heavy (non-hydrogen) atoms. The Morgan fingerprint density at radius 2 is 1.71 bits per heavy atom. The Kier molecular flexibility index (Phi) is 2.79. The van der Waals surface area contributed by atoms with Crippen LogP contribution in [0.1, 0.15) is 26.3 Å². The number of methoxy groups -OCH3 is 1. The van der Waals surface area contributed by atoms with Crippen LogP contribution in [0.2, 0.25) is 0 Å². The van der Waals surface area contributed by atoms with Crippen LogP contribution in [-0.4, -0.2) is 7.11 Å². The molecule has 0 bridgehead atoms. The van der Waals surface area contributed by atoms with Gasteiger partial charge in [0, 0.05) is 5.56 Å². The third-order valence-corrected chi connectivity index (χ3v) is 2.03. The lowest BCUT2D eigenvalue weighted by atomic mass is 9.86. The summed E-state index contributed by atoms with van der Waals surface area (Å²) in [7, 11) is 1.36. The minimum atomic E-state index is -0.611. The van der Waals surface area contributed by atoms with Crippen LogP contribution in [0, 0.1) is 11.6 Å². The van der Waals surface area contributed by atoms with E-state index >= 15 is 0 Å². The largest absolute Gasteiger partial charge is 0.494 e. The maximum absolute atomic E-state index is 13.7. The van der Waals surface area contributed by atoms with E-state index in [-0.39, 0.29) is 11.3 Å². The van der Waals surface area contributed by atoms with Crippen molar-refractivity contribution >= 4 is 0 Å². The number of benzene rings is 1. The van der Waals surface area contributed by atoms with Crippen LogP contribution in [0.5, 0.6) is 5.75 Å². The number of rotatable bonds is 1. The lowest BCUT2D eigenvalue weighted by molar-refractivity contribution is 0.371. The summed E-state index contributed by atoms with van der Waals surface area (Å²) >= 11 is 0. The molecule has 0 spiro atoms. The normalized spacial score (nSPS) is 11.6. The van der Waals surface area contributed by atoms with Crippen LogP contribution in [0.4, 0.5) is 8.78 Å². The van der Waals surface area contributed by atoms with Gasteiger partial charge < -0.3 is 4.74 Å². The zero-order valence-electron chi connectivity index (χ0n) is 8.82. The van der Waals surface area contributed by atoms with Crippen LogP contribution >= 0.6 is 0 Å². The summed E-state index contributed by atoms with van der Waals surface area (Å²) in [6.45, 7) is 5.27. The number of hydrogen-bond donors (Lipinski definition) is 0. The highest BCUT2D eigenvalue weighted by molar-refractivity contribution is 5.36. The van der Waals surface area contributed by atoms with Crippen LogP contribution in [-0.2, 0) is 5.41 Å².